The summed E-state index contributed by atoms with van der Waals surface area (Å²) in [5, 5.41) is 0. The summed E-state index contributed by atoms with van der Waals surface area (Å²) in [6.07, 6.45) is 0. The van der Waals surface area contributed by atoms with Crippen LogP contribution in [0, 0.1) is 11.6 Å². The Kier molecular flexibility index (Phi) is 3.95. The number of hydrogen-bond donors (Lipinski definition) is 0. The van der Waals surface area contributed by atoms with Crippen LogP contribution in [0.1, 0.15) is 15.9 Å². The fourth-order valence-corrected chi connectivity index (χ4v) is 2.15. The van der Waals surface area contributed by atoms with Gasteiger partial charge in [-0.05, 0) is 52.3 Å². The zero-order valence-electron chi connectivity index (χ0n) is 9.91. The van der Waals surface area contributed by atoms with Crippen molar-refractivity contribution in [1.82, 2.24) is 0 Å². The molecule has 0 saturated heterocycles. The summed E-state index contributed by atoms with van der Waals surface area (Å²) in [7, 11) is 1.51. The predicted molar refractivity (Wildman–Crippen MR) is 70.5 cm³/mol. The summed E-state index contributed by atoms with van der Waals surface area (Å²) in [6.45, 7) is 0. The molecule has 2 rings (SSSR count). The van der Waals surface area contributed by atoms with E-state index in [1.807, 2.05) is 0 Å². The molecular formula is C14H9BrF2O2. The number of benzene rings is 2. The summed E-state index contributed by atoms with van der Waals surface area (Å²) in [4.78, 5) is 12.1. The fraction of sp³-hybridized carbons (Fsp3) is 0.0714. The topological polar surface area (TPSA) is 26.3 Å². The lowest BCUT2D eigenvalue weighted by Crippen LogP contribution is -2.03. The highest BCUT2D eigenvalue weighted by molar-refractivity contribution is 9.10. The van der Waals surface area contributed by atoms with Crippen LogP contribution < -0.4 is 4.74 Å². The van der Waals surface area contributed by atoms with Crippen LogP contribution in [-0.4, -0.2) is 12.9 Å². The minimum absolute atomic E-state index is 0.0935. The second kappa shape index (κ2) is 5.48. The standard InChI is InChI=1S/C14H9BrF2O2/c1-19-13-5-3-8(6-10(13)15)14(18)9-2-4-11(16)12(17)7-9/h2-7H,1H3. The summed E-state index contributed by atoms with van der Waals surface area (Å²) in [5.41, 5.74) is 0.453. The first-order valence-electron chi connectivity index (χ1n) is 5.36. The smallest absolute Gasteiger partial charge is 0.193 e. The summed E-state index contributed by atoms with van der Waals surface area (Å²) < 4.78 is 31.6. The van der Waals surface area contributed by atoms with Crippen LogP contribution in [0.5, 0.6) is 5.75 Å². The average molecular weight is 327 g/mol. The van der Waals surface area contributed by atoms with Crippen LogP contribution in [0.25, 0.3) is 0 Å². The number of methoxy groups -OCH3 is 1. The monoisotopic (exact) mass is 326 g/mol. The van der Waals surface area contributed by atoms with Gasteiger partial charge in [0.1, 0.15) is 5.75 Å². The lowest BCUT2D eigenvalue weighted by molar-refractivity contribution is 0.103. The van der Waals surface area contributed by atoms with Gasteiger partial charge in [-0.3, -0.25) is 4.79 Å². The molecule has 19 heavy (non-hydrogen) atoms. The van der Waals surface area contributed by atoms with E-state index in [9.17, 15) is 13.6 Å². The number of carbonyl (C=O) groups excluding carboxylic acids is 1. The largest absolute Gasteiger partial charge is 0.496 e. The van der Waals surface area contributed by atoms with E-state index in [4.69, 9.17) is 4.74 Å². The van der Waals surface area contributed by atoms with E-state index < -0.39 is 11.6 Å². The molecule has 0 aromatic heterocycles. The molecule has 2 nitrogen and oxygen atoms in total. The van der Waals surface area contributed by atoms with Gasteiger partial charge < -0.3 is 4.74 Å². The zero-order chi connectivity index (χ0) is 14.0. The Labute approximate surface area is 117 Å². The molecule has 0 spiro atoms. The molecule has 0 atom stereocenters. The third-order valence-electron chi connectivity index (χ3n) is 2.60. The Morgan fingerprint density at radius 2 is 1.68 bits per heavy atom. The maximum atomic E-state index is 13.1. The Bertz CT molecular complexity index is 641. The molecule has 0 N–H and O–H groups in total. The van der Waals surface area contributed by atoms with Gasteiger partial charge in [0.2, 0.25) is 0 Å². The lowest BCUT2D eigenvalue weighted by Gasteiger charge is -2.06. The number of carbonyl (C=O) groups is 1. The van der Waals surface area contributed by atoms with Gasteiger partial charge in [-0.15, -0.1) is 0 Å². The van der Waals surface area contributed by atoms with Crippen LogP contribution in [0.15, 0.2) is 40.9 Å². The van der Waals surface area contributed by atoms with Crippen molar-refractivity contribution in [3.8, 4) is 5.75 Å². The number of rotatable bonds is 3. The van der Waals surface area contributed by atoms with E-state index in [1.54, 1.807) is 18.2 Å². The third kappa shape index (κ3) is 2.81. The van der Waals surface area contributed by atoms with Crippen LogP contribution >= 0.6 is 15.9 Å². The molecule has 0 radical (unpaired) electrons. The van der Waals surface area contributed by atoms with Crippen molar-refractivity contribution in [3.63, 3.8) is 0 Å². The van der Waals surface area contributed by atoms with E-state index >= 15 is 0 Å². The Morgan fingerprint density at radius 1 is 1.05 bits per heavy atom. The quantitative estimate of drug-likeness (QED) is 0.798. The Hall–Kier alpha value is -1.75. The molecule has 0 saturated carbocycles. The number of ketones is 1. The van der Waals surface area contributed by atoms with Gasteiger partial charge in [0.15, 0.2) is 17.4 Å². The van der Waals surface area contributed by atoms with Crippen LogP contribution in [0.2, 0.25) is 0 Å². The van der Waals surface area contributed by atoms with Crippen molar-refractivity contribution in [2.45, 2.75) is 0 Å². The molecule has 98 valence electrons. The average Bonchev–Trinajstić information content (AvgIpc) is 2.41. The highest BCUT2D eigenvalue weighted by Crippen LogP contribution is 2.26. The molecule has 0 aliphatic heterocycles. The molecule has 0 heterocycles. The molecule has 0 fully saturated rings. The molecule has 0 amide bonds. The van der Waals surface area contributed by atoms with Gasteiger partial charge >= 0.3 is 0 Å². The lowest BCUT2D eigenvalue weighted by atomic mass is 10.0. The Morgan fingerprint density at radius 3 is 2.26 bits per heavy atom. The molecular weight excluding hydrogens is 318 g/mol. The number of hydrogen-bond acceptors (Lipinski definition) is 2. The SMILES string of the molecule is COc1ccc(C(=O)c2ccc(F)c(F)c2)cc1Br. The van der Waals surface area contributed by atoms with Crippen LogP contribution in [0.3, 0.4) is 0 Å². The zero-order valence-corrected chi connectivity index (χ0v) is 11.5. The summed E-state index contributed by atoms with van der Waals surface area (Å²) >= 11 is 3.26. The third-order valence-corrected chi connectivity index (χ3v) is 3.22. The normalized spacial score (nSPS) is 10.3. The van der Waals surface area contributed by atoms with Gasteiger partial charge in [0, 0.05) is 11.1 Å². The minimum Gasteiger partial charge on any atom is -0.496 e. The molecule has 0 bridgehead atoms. The first-order chi connectivity index (χ1) is 9.02. The molecule has 2 aromatic rings. The van der Waals surface area contributed by atoms with Crippen LogP contribution in [0.4, 0.5) is 8.78 Å². The van der Waals surface area contributed by atoms with Gasteiger partial charge in [0.25, 0.3) is 0 Å². The highest BCUT2D eigenvalue weighted by Gasteiger charge is 2.13. The molecule has 0 unspecified atom stereocenters. The first kappa shape index (κ1) is 13.7. The molecule has 0 aliphatic carbocycles. The van der Waals surface area contributed by atoms with Gasteiger partial charge in [-0.25, -0.2) is 8.78 Å². The van der Waals surface area contributed by atoms with Crippen molar-refractivity contribution < 1.29 is 18.3 Å². The van der Waals surface area contributed by atoms with Crippen molar-refractivity contribution in [2.75, 3.05) is 7.11 Å². The number of ether oxygens (including phenoxy) is 1. The van der Waals surface area contributed by atoms with Gasteiger partial charge in [0.05, 0.1) is 11.6 Å². The molecule has 5 heteroatoms. The van der Waals surface area contributed by atoms with Gasteiger partial charge in [-0.2, -0.15) is 0 Å². The Balaban J connectivity index is 2.38. The van der Waals surface area contributed by atoms with Gasteiger partial charge in [-0.1, -0.05) is 0 Å². The second-order valence-electron chi connectivity index (χ2n) is 3.81. The molecule has 2 aromatic carbocycles. The maximum absolute atomic E-state index is 13.1. The van der Waals surface area contributed by atoms with Crippen molar-refractivity contribution in [2.24, 2.45) is 0 Å². The van der Waals surface area contributed by atoms with Crippen molar-refractivity contribution in [1.29, 1.82) is 0 Å². The summed E-state index contributed by atoms with van der Waals surface area (Å²) in [5.74, 6) is -1.82. The second-order valence-corrected chi connectivity index (χ2v) is 4.66. The van der Waals surface area contributed by atoms with E-state index in [1.165, 1.54) is 13.2 Å². The maximum Gasteiger partial charge on any atom is 0.193 e. The fourth-order valence-electron chi connectivity index (χ4n) is 1.61. The van der Waals surface area contributed by atoms with E-state index in [0.717, 1.165) is 12.1 Å². The van der Waals surface area contributed by atoms with Crippen molar-refractivity contribution in [3.05, 3.63) is 63.6 Å². The molecule has 0 aliphatic rings. The summed E-state index contributed by atoms with van der Waals surface area (Å²) in [6, 6.07) is 7.82. The van der Waals surface area contributed by atoms with E-state index in [-0.39, 0.29) is 11.3 Å². The predicted octanol–water partition coefficient (Wildman–Crippen LogP) is 3.97. The number of halogens is 3. The van der Waals surface area contributed by atoms with Crippen LogP contribution in [-0.2, 0) is 0 Å². The van der Waals surface area contributed by atoms with E-state index in [2.05, 4.69) is 15.9 Å². The highest BCUT2D eigenvalue weighted by atomic mass is 79.9. The minimum atomic E-state index is -1.04. The van der Waals surface area contributed by atoms with E-state index in [0.29, 0.717) is 15.8 Å². The first-order valence-corrected chi connectivity index (χ1v) is 6.15. The van der Waals surface area contributed by atoms with Crippen molar-refractivity contribution >= 4 is 21.7 Å².